The van der Waals surface area contributed by atoms with Gasteiger partial charge in [0.05, 0.1) is 24.0 Å². The first-order valence-electron chi connectivity index (χ1n) is 6.58. The fourth-order valence-electron chi connectivity index (χ4n) is 2.61. The number of fused-ring (bicyclic) bond motifs is 1. The third kappa shape index (κ3) is 2.04. The second-order valence-corrected chi connectivity index (χ2v) is 4.86. The van der Waals surface area contributed by atoms with Crippen LogP contribution in [0.2, 0.25) is 0 Å². The van der Waals surface area contributed by atoms with Gasteiger partial charge >= 0.3 is 0 Å². The molecule has 0 aliphatic heterocycles. The summed E-state index contributed by atoms with van der Waals surface area (Å²) in [5.41, 5.74) is 9.84. The molecule has 0 saturated carbocycles. The smallest absolute Gasteiger partial charge is 0.0895 e. The van der Waals surface area contributed by atoms with E-state index in [1.165, 1.54) is 24.8 Å². The molecule has 2 N–H and O–H groups in total. The molecule has 2 aromatic rings. The second-order valence-electron chi connectivity index (χ2n) is 4.86. The number of rotatable bonds is 2. The fourth-order valence-corrected chi connectivity index (χ4v) is 2.61. The number of hydrogen-bond donors (Lipinski definition) is 1. The van der Waals surface area contributed by atoms with Gasteiger partial charge in [-0.1, -0.05) is 18.1 Å². The zero-order valence-electron chi connectivity index (χ0n) is 10.4. The van der Waals surface area contributed by atoms with Gasteiger partial charge < -0.3 is 5.73 Å². The highest BCUT2D eigenvalue weighted by atomic mass is 15.2. The van der Waals surface area contributed by atoms with Crippen molar-refractivity contribution in [1.29, 1.82) is 0 Å². The largest absolute Gasteiger partial charge is 0.320 e. The predicted molar refractivity (Wildman–Crippen MR) is 71.1 cm³/mol. The number of allylic oxidation sites excluding steroid dienone is 1. The highest BCUT2D eigenvalue weighted by Crippen LogP contribution is 2.29. The van der Waals surface area contributed by atoms with E-state index in [9.17, 15) is 0 Å². The molecule has 0 bridgehead atoms. The van der Waals surface area contributed by atoms with Crippen molar-refractivity contribution < 1.29 is 0 Å². The van der Waals surface area contributed by atoms with Gasteiger partial charge in [0.25, 0.3) is 0 Å². The van der Waals surface area contributed by atoms with Crippen LogP contribution in [-0.2, 0) is 0 Å². The van der Waals surface area contributed by atoms with Crippen molar-refractivity contribution in [3.05, 3.63) is 42.0 Å². The summed E-state index contributed by atoms with van der Waals surface area (Å²) < 4.78 is 1.83. The highest BCUT2D eigenvalue weighted by molar-refractivity contribution is 5.55. The van der Waals surface area contributed by atoms with Crippen LogP contribution in [0.25, 0.3) is 5.52 Å². The summed E-state index contributed by atoms with van der Waals surface area (Å²) in [5, 5.41) is 4.33. The van der Waals surface area contributed by atoms with E-state index >= 15 is 0 Å². The van der Waals surface area contributed by atoms with Crippen molar-refractivity contribution >= 4 is 5.52 Å². The monoisotopic (exact) mass is 242 g/mol. The van der Waals surface area contributed by atoms with Crippen LogP contribution in [0, 0.1) is 0 Å². The van der Waals surface area contributed by atoms with Crippen LogP contribution in [0.15, 0.2) is 36.4 Å². The Bertz CT molecular complexity index is 570. The average Bonchev–Trinajstić information content (AvgIpc) is 2.65. The molecule has 18 heavy (non-hydrogen) atoms. The molecule has 0 radical (unpaired) electrons. The van der Waals surface area contributed by atoms with Gasteiger partial charge in [0.2, 0.25) is 0 Å². The summed E-state index contributed by atoms with van der Waals surface area (Å²) in [5.74, 6) is 0. The maximum absolute atomic E-state index is 6.40. The quantitative estimate of drug-likeness (QED) is 0.824. The summed E-state index contributed by atoms with van der Waals surface area (Å²) in [7, 11) is 0. The zero-order chi connectivity index (χ0) is 12.4. The van der Waals surface area contributed by atoms with Crippen molar-refractivity contribution in [2.24, 2.45) is 5.73 Å². The lowest BCUT2D eigenvalue weighted by atomic mass is 9.97. The van der Waals surface area contributed by atoms with E-state index in [0.717, 1.165) is 23.9 Å². The first-order chi connectivity index (χ1) is 8.86. The molecule has 4 nitrogen and oxygen atoms in total. The summed E-state index contributed by atoms with van der Waals surface area (Å²) in [6.07, 6.45) is 15.7. The van der Waals surface area contributed by atoms with E-state index in [0.29, 0.717) is 0 Å². The van der Waals surface area contributed by atoms with Gasteiger partial charge in [-0.15, -0.1) is 0 Å². The van der Waals surface area contributed by atoms with E-state index < -0.39 is 0 Å². The fraction of sp³-hybridized carbons (Fsp3) is 0.429. The molecule has 2 heterocycles. The van der Waals surface area contributed by atoms with Gasteiger partial charge in [-0.2, -0.15) is 5.10 Å². The molecule has 1 aliphatic carbocycles. The van der Waals surface area contributed by atoms with Crippen LogP contribution >= 0.6 is 0 Å². The third-order valence-corrected chi connectivity index (χ3v) is 3.67. The molecule has 2 aromatic heterocycles. The van der Waals surface area contributed by atoms with E-state index in [4.69, 9.17) is 5.73 Å². The molecule has 0 amide bonds. The van der Waals surface area contributed by atoms with E-state index in [1.54, 1.807) is 6.20 Å². The Kier molecular flexibility index (Phi) is 3.11. The van der Waals surface area contributed by atoms with E-state index in [2.05, 4.69) is 16.2 Å². The minimum Gasteiger partial charge on any atom is -0.320 e. The van der Waals surface area contributed by atoms with Crippen molar-refractivity contribution in [2.75, 3.05) is 0 Å². The SMILES string of the molecule is NC(C1=CCCCCC1)c1cnn2ccncc12. The Morgan fingerprint density at radius 1 is 1.22 bits per heavy atom. The maximum Gasteiger partial charge on any atom is 0.0895 e. The van der Waals surface area contributed by atoms with Crippen LogP contribution in [0.4, 0.5) is 0 Å². The highest BCUT2D eigenvalue weighted by Gasteiger charge is 2.17. The summed E-state index contributed by atoms with van der Waals surface area (Å²) in [4.78, 5) is 4.16. The van der Waals surface area contributed by atoms with E-state index in [-0.39, 0.29) is 6.04 Å². The summed E-state index contributed by atoms with van der Waals surface area (Å²) >= 11 is 0. The van der Waals surface area contributed by atoms with Crippen LogP contribution in [-0.4, -0.2) is 14.6 Å². The zero-order valence-corrected chi connectivity index (χ0v) is 10.4. The molecule has 4 heteroatoms. The first kappa shape index (κ1) is 11.4. The minimum atomic E-state index is -0.0372. The van der Waals surface area contributed by atoms with Crippen LogP contribution in [0.3, 0.4) is 0 Å². The van der Waals surface area contributed by atoms with Crippen molar-refractivity contribution in [2.45, 2.75) is 38.1 Å². The van der Waals surface area contributed by atoms with Crippen molar-refractivity contribution in [3.63, 3.8) is 0 Å². The number of nitrogens with two attached hydrogens (primary N) is 1. The first-order valence-corrected chi connectivity index (χ1v) is 6.58. The molecular formula is C14H18N4. The van der Waals surface area contributed by atoms with Gasteiger partial charge in [0.15, 0.2) is 0 Å². The van der Waals surface area contributed by atoms with Gasteiger partial charge in [-0.25, -0.2) is 4.52 Å². The van der Waals surface area contributed by atoms with Crippen LogP contribution in [0.5, 0.6) is 0 Å². The van der Waals surface area contributed by atoms with Crippen LogP contribution < -0.4 is 5.73 Å². The standard InChI is InChI=1S/C14H18N4/c15-14(11-5-3-1-2-4-6-11)12-9-17-18-8-7-16-10-13(12)18/h5,7-10,14H,1-4,6,15H2. The number of hydrogen-bond acceptors (Lipinski definition) is 3. The Morgan fingerprint density at radius 3 is 3.11 bits per heavy atom. The molecule has 3 rings (SSSR count). The molecule has 0 saturated heterocycles. The molecule has 1 unspecified atom stereocenters. The van der Waals surface area contributed by atoms with E-state index in [1.807, 2.05) is 23.1 Å². The molecule has 0 fully saturated rings. The van der Waals surface area contributed by atoms with Gasteiger partial charge in [0, 0.05) is 18.0 Å². The van der Waals surface area contributed by atoms with Crippen molar-refractivity contribution in [3.8, 4) is 0 Å². The summed E-state index contributed by atoms with van der Waals surface area (Å²) in [6.45, 7) is 0. The lowest BCUT2D eigenvalue weighted by molar-refractivity contribution is 0.689. The van der Waals surface area contributed by atoms with Gasteiger partial charge in [-0.3, -0.25) is 4.98 Å². The van der Waals surface area contributed by atoms with Gasteiger partial charge in [-0.05, 0) is 25.7 Å². The molecule has 1 atom stereocenters. The third-order valence-electron chi connectivity index (χ3n) is 3.67. The average molecular weight is 242 g/mol. The molecule has 0 aromatic carbocycles. The molecule has 1 aliphatic rings. The maximum atomic E-state index is 6.40. The molecular weight excluding hydrogens is 224 g/mol. The molecule has 0 spiro atoms. The summed E-state index contributed by atoms with van der Waals surface area (Å²) in [6, 6.07) is -0.0372. The Labute approximate surface area is 107 Å². The van der Waals surface area contributed by atoms with Crippen LogP contribution in [0.1, 0.15) is 43.7 Å². The predicted octanol–water partition coefficient (Wildman–Crippen LogP) is 2.62. The Balaban J connectivity index is 1.96. The number of aromatic nitrogens is 3. The Morgan fingerprint density at radius 2 is 2.17 bits per heavy atom. The minimum absolute atomic E-state index is 0.0372. The normalized spacial score (nSPS) is 18.4. The Hall–Kier alpha value is -1.68. The van der Waals surface area contributed by atoms with Gasteiger partial charge in [0.1, 0.15) is 0 Å². The topological polar surface area (TPSA) is 56.2 Å². The lowest BCUT2D eigenvalue weighted by Crippen LogP contribution is -2.13. The van der Waals surface area contributed by atoms with Crippen molar-refractivity contribution in [1.82, 2.24) is 14.6 Å². The number of nitrogens with zero attached hydrogens (tertiary/aromatic N) is 3. The molecule has 94 valence electrons. The lowest BCUT2D eigenvalue weighted by Gasteiger charge is -2.14. The second kappa shape index (κ2) is 4.90.